The van der Waals surface area contributed by atoms with Gasteiger partial charge in [0.1, 0.15) is 11.6 Å². The molecule has 0 aliphatic heterocycles. The largest absolute Gasteiger partial charge is 0.481 e. The minimum Gasteiger partial charge on any atom is -0.481 e. The molecule has 0 spiro atoms. The highest BCUT2D eigenvalue weighted by atomic mass is 19.1. The maximum absolute atomic E-state index is 12.4. The third-order valence-electron chi connectivity index (χ3n) is 12.4. The molecule has 81 heavy (non-hydrogen) atoms. The summed E-state index contributed by atoms with van der Waals surface area (Å²) in [6.45, 7) is 42.8. The van der Waals surface area contributed by atoms with Gasteiger partial charge in [0.25, 0.3) is 0 Å². The fourth-order valence-electron chi connectivity index (χ4n) is 7.02. The van der Waals surface area contributed by atoms with Gasteiger partial charge in [-0.1, -0.05) is 240 Å². The van der Waals surface area contributed by atoms with Crippen molar-refractivity contribution in [3.63, 3.8) is 0 Å². The molecule has 0 atom stereocenters. The van der Waals surface area contributed by atoms with Crippen LogP contribution >= 0.6 is 0 Å². The highest BCUT2D eigenvalue weighted by Gasteiger charge is 2.03. The molecule has 0 unspecified atom stereocenters. The molecule has 4 aromatic heterocycles. The van der Waals surface area contributed by atoms with Crippen molar-refractivity contribution in [2.45, 2.75) is 200 Å². The summed E-state index contributed by atoms with van der Waals surface area (Å²) in [5.74, 6) is 5.89. The van der Waals surface area contributed by atoms with E-state index < -0.39 is 0 Å². The van der Waals surface area contributed by atoms with Gasteiger partial charge in [0.15, 0.2) is 0 Å². The first kappa shape index (κ1) is 74.1. The van der Waals surface area contributed by atoms with Crippen LogP contribution in [0.5, 0.6) is 5.88 Å². The van der Waals surface area contributed by atoms with E-state index in [0.717, 1.165) is 35.0 Å². The lowest BCUT2D eigenvalue weighted by atomic mass is 10.0. The number of pyridine rings is 3. The SMILES string of the molecule is C.CC(C)c1ccc(F)cc1.CC(C)c1ccccc1.CC(C)c1ccccn1.CCc1cccc(C(C)C)c1.COc1cccc(C(C)C)n1.Cc1ccc(C(C)C)cc1.Cc1cccc(C(C)C)n1.Cc1ccnc(C(C)C)n1. The van der Waals surface area contributed by atoms with Crippen LogP contribution in [0, 0.1) is 26.6 Å². The Morgan fingerprint density at radius 3 is 1.22 bits per heavy atom. The number of rotatable bonds is 10. The van der Waals surface area contributed by atoms with Crippen molar-refractivity contribution in [3.05, 3.63) is 250 Å². The summed E-state index contributed by atoms with van der Waals surface area (Å²) in [6, 6.07) is 54.6. The molecule has 0 N–H and O–H groups in total. The Labute approximate surface area is 494 Å². The van der Waals surface area contributed by atoms with Crippen molar-refractivity contribution < 1.29 is 9.13 Å². The molecule has 4 heterocycles. The molecule has 0 fully saturated rings. The number of aryl methyl sites for hydroxylation is 4. The van der Waals surface area contributed by atoms with Gasteiger partial charge >= 0.3 is 0 Å². The van der Waals surface area contributed by atoms with Gasteiger partial charge in [-0.3, -0.25) is 9.97 Å². The van der Waals surface area contributed by atoms with Crippen LogP contribution < -0.4 is 4.74 Å². The van der Waals surface area contributed by atoms with Gasteiger partial charge in [-0.2, -0.15) is 0 Å². The lowest BCUT2D eigenvalue weighted by Gasteiger charge is -2.05. The number of nitrogens with zero attached hydrogens (tertiary/aromatic N) is 5. The second-order valence-electron chi connectivity index (χ2n) is 22.3. The highest BCUT2D eigenvalue weighted by Crippen LogP contribution is 2.18. The molecular formula is C74H106FN5O. The van der Waals surface area contributed by atoms with Crippen molar-refractivity contribution in [1.29, 1.82) is 0 Å². The second-order valence-corrected chi connectivity index (χ2v) is 22.3. The normalized spacial score (nSPS) is 10.2. The number of hydrogen-bond donors (Lipinski definition) is 0. The molecule has 0 aliphatic rings. The minimum absolute atomic E-state index is 0. The Hall–Kier alpha value is -6.86. The van der Waals surface area contributed by atoms with E-state index in [1.54, 1.807) is 13.3 Å². The van der Waals surface area contributed by atoms with E-state index in [0.29, 0.717) is 53.2 Å². The summed E-state index contributed by atoms with van der Waals surface area (Å²) in [6.07, 6.45) is 4.77. The van der Waals surface area contributed by atoms with E-state index >= 15 is 0 Å². The lowest BCUT2D eigenvalue weighted by Crippen LogP contribution is -1.97. The Bertz CT molecular complexity index is 2590. The molecule has 7 heteroatoms. The van der Waals surface area contributed by atoms with Gasteiger partial charge < -0.3 is 4.74 Å². The maximum Gasteiger partial charge on any atom is 0.213 e. The summed E-state index contributed by atoms with van der Waals surface area (Å²) >= 11 is 0. The molecule has 0 saturated carbocycles. The van der Waals surface area contributed by atoms with Gasteiger partial charge in [0.05, 0.1) is 7.11 Å². The number of aromatic nitrogens is 5. The first-order valence-electron chi connectivity index (χ1n) is 29.0. The summed E-state index contributed by atoms with van der Waals surface area (Å²) in [5.41, 5.74) is 13.8. The average molecular weight is 1100 g/mol. The fourth-order valence-corrected chi connectivity index (χ4v) is 7.02. The molecule has 8 rings (SSSR count). The van der Waals surface area contributed by atoms with Crippen LogP contribution in [-0.4, -0.2) is 32.0 Å². The van der Waals surface area contributed by atoms with Crippen LogP contribution in [0.3, 0.4) is 0 Å². The van der Waals surface area contributed by atoms with Crippen molar-refractivity contribution in [3.8, 4) is 5.88 Å². The van der Waals surface area contributed by atoms with Gasteiger partial charge in [0.2, 0.25) is 5.88 Å². The molecule has 0 saturated heterocycles. The summed E-state index contributed by atoms with van der Waals surface area (Å²) < 4.78 is 17.3. The van der Waals surface area contributed by atoms with E-state index in [9.17, 15) is 4.39 Å². The monoisotopic (exact) mass is 1100 g/mol. The minimum atomic E-state index is -0.163. The highest BCUT2D eigenvalue weighted by molar-refractivity contribution is 5.26. The van der Waals surface area contributed by atoms with Gasteiger partial charge in [0, 0.05) is 52.8 Å². The molecule has 0 amide bonds. The zero-order valence-corrected chi connectivity index (χ0v) is 53.1. The molecule has 8 aromatic rings. The van der Waals surface area contributed by atoms with E-state index in [1.165, 1.54) is 51.2 Å². The second kappa shape index (κ2) is 42.1. The fraction of sp³-hybridized carbons (Fsp3) is 0.419. The molecule has 4 aromatic carbocycles. The Kier molecular flexibility index (Phi) is 38.5. The molecule has 0 bridgehead atoms. The Morgan fingerprint density at radius 2 is 0.827 bits per heavy atom. The van der Waals surface area contributed by atoms with Crippen molar-refractivity contribution >= 4 is 0 Å². The summed E-state index contributed by atoms with van der Waals surface area (Å²) in [7, 11) is 1.63. The zero-order valence-electron chi connectivity index (χ0n) is 53.1. The van der Waals surface area contributed by atoms with Gasteiger partial charge in [-0.05, 0) is 145 Å². The van der Waals surface area contributed by atoms with E-state index in [1.807, 2.05) is 86.8 Å². The quantitative estimate of drug-likeness (QED) is 0.136. The van der Waals surface area contributed by atoms with Crippen LogP contribution in [0.2, 0.25) is 0 Å². The first-order chi connectivity index (χ1) is 37.9. The standard InChI is InChI=1S/C11H16.C10H14.C9H11F.C9H13NO.C9H13N.C9H12.C8H12N2.C8H11N.CH4/c1-4-10-6-5-7-11(8-10)9(2)3;1-8(2)10-6-4-9(3)5-7-10;1-7(2)8-3-5-9(10)6-4-8;1-7(2)8-5-4-6-9(10-8)11-3;1-7(2)9-6-4-5-8(3)10-9;1-8(2)9-6-4-3-5-7-9;1-6(2)8-9-5-4-7(3)10-8;1-7(2)8-5-3-4-6-9-8;/h5-9H,4H2,1-3H3;4-8H,1-3H3;3-7H,1-2H3;4-7H,1-3H3;4-7H,1-3H3;3-8H,1-2H3;4-6H,1-3H3;3-7H,1-2H3;1H4. The van der Waals surface area contributed by atoms with Crippen molar-refractivity contribution in [1.82, 2.24) is 24.9 Å². The van der Waals surface area contributed by atoms with Crippen LogP contribution in [0.25, 0.3) is 0 Å². The van der Waals surface area contributed by atoms with E-state index in [2.05, 4.69) is 234 Å². The third kappa shape index (κ3) is 33.5. The van der Waals surface area contributed by atoms with E-state index in [-0.39, 0.29) is 13.2 Å². The van der Waals surface area contributed by atoms with Crippen LogP contribution in [0.1, 0.15) is 240 Å². The predicted molar refractivity (Wildman–Crippen MR) is 350 cm³/mol. The molecule has 0 aliphatic carbocycles. The Morgan fingerprint density at radius 1 is 0.383 bits per heavy atom. The maximum atomic E-state index is 12.4. The average Bonchev–Trinajstić information content (AvgIpc) is 3.45. The topological polar surface area (TPSA) is 73.7 Å². The number of ether oxygens (including phenoxy) is 1. The summed E-state index contributed by atoms with van der Waals surface area (Å²) in [4.78, 5) is 21.2. The number of hydrogen-bond acceptors (Lipinski definition) is 6. The van der Waals surface area contributed by atoms with Crippen LogP contribution in [0.4, 0.5) is 4.39 Å². The first-order valence-corrected chi connectivity index (χ1v) is 29.0. The van der Waals surface area contributed by atoms with Crippen molar-refractivity contribution in [2.75, 3.05) is 7.11 Å². The molecule has 440 valence electrons. The van der Waals surface area contributed by atoms with Crippen LogP contribution in [0.15, 0.2) is 176 Å². The number of methoxy groups -OCH3 is 1. The predicted octanol–water partition coefficient (Wildman–Crippen LogP) is 21.7. The van der Waals surface area contributed by atoms with Crippen LogP contribution in [-0.2, 0) is 6.42 Å². The molecule has 6 nitrogen and oxygen atoms in total. The summed E-state index contributed by atoms with van der Waals surface area (Å²) in [5, 5.41) is 0. The van der Waals surface area contributed by atoms with Gasteiger partial charge in [-0.15, -0.1) is 0 Å². The van der Waals surface area contributed by atoms with Crippen molar-refractivity contribution in [2.24, 2.45) is 0 Å². The molecule has 0 radical (unpaired) electrons. The van der Waals surface area contributed by atoms with Gasteiger partial charge in [-0.25, -0.2) is 19.3 Å². The zero-order chi connectivity index (χ0) is 60.2. The number of benzene rings is 4. The third-order valence-corrected chi connectivity index (χ3v) is 12.4. The number of halogens is 1. The Balaban J connectivity index is 0.000000902. The lowest BCUT2D eigenvalue weighted by molar-refractivity contribution is 0.395. The smallest absolute Gasteiger partial charge is 0.213 e. The molecular weight excluding hydrogens is 994 g/mol. The van der Waals surface area contributed by atoms with E-state index in [4.69, 9.17) is 4.74 Å².